The molecule has 0 radical (unpaired) electrons. The average Bonchev–Trinajstić information content (AvgIpc) is 2.41. The molecule has 1 aliphatic heterocycles. The standard InChI is InChI=1S/C13H16ClN3OS/c14-9-5-1-2-6-10(9)16-13(18)17-8-4-3-7-11(17)12(15)19/h1-2,5-6,11H,3-4,7-8H2,(H2,15,19)(H,16,18). The summed E-state index contributed by atoms with van der Waals surface area (Å²) in [5.74, 6) is 0. The molecule has 2 amide bonds. The van der Waals surface area contributed by atoms with Crippen LogP contribution in [0.4, 0.5) is 10.5 Å². The zero-order valence-electron chi connectivity index (χ0n) is 10.4. The quantitative estimate of drug-likeness (QED) is 0.825. The highest BCUT2D eigenvalue weighted by atomic mass is 35.5. The Balaban J connectivity index is 2.10. The largest absolute Gasteiger partial charge is 0.392 e. The van der Waals surface area contributed by atoms with Crippen LogP contribution in [-0.2, 0) is 0 Å². The maximum Gasteiger partial charge on any atom is 0.322 e. The van der Waals surface area contributed by atoms with Crippen molar-refractivity contribution >= 4 is 40.5 Å². The summed E-state index contributed by atoms with van der Waals surface area (Å²) in [6.07, 6.45) is 2.83. The summed E-state index contributed by atoms with van der Waals surface area (Å²) in [6, 6.07) is 6.77. The molecule has 0 bridgehead atoms. The number of benzene rings is 1. The van der Waals surface area contributed by atoms with E-state index in [4.69, 9.17) is 29.6 Å². The summed E-state index contributed by atoms with van der Waals surface area (Å²) in [5, 5.41) is 3.32. The molecule has 1 aliphatic rings. The van der Waals surface area contributed by atoms with Gasteiger partial charge in [-0.15, -0.1) is 0 Å². The van der Waals surface area contributed by atoms with Gasteiger partial charge in [-0.05, 0) is 31.4 Å². The zero-order valence-corrected chi connectivity index (χ0v) is 12.0. The van der Waals surface area contributed by atoms with Gasteiger partial charge in [0.1, 0.15) is 0 Å². The minimum atomic E-state index is -0.203. The molecule has 1 heterocycles. The third-order valence-corrected chi connectivity index (χ3v) is 3.81. The number of anilines is 1. The molecule has 1 saturated heterocycles. The fourth-order valence-electron chi connectivity index (χ4n) is 2.22. The molecule has 1 atom stereocenters. The van der Waals surface area contributed by atoms with Gasteiger partial charge in [0.25, 0.3) is 0 Å². The van der Waals surface area contributed by atoms with E-state index in [-0.39, 0.29) is 12.1 Å². The molecule has 0 saturated carbocycles. The number of hydrogen-bond donors (Lipinski definition) is 2. The third-order valence-electron chi connectivity index (χ3n) is 3.21. The van der Waals surface area contributed by atoms with Crippen LogP contribution in [0.1, 0.15) is 19.3 Å². The summed E-state index contributed by atoms with van der Waals surface area (Å²) in [4.78, 5) is 14.3. The molecule has 0 aliphatic carbocycles. The van der Waals surface area contributed by atoms with Crippen molar-refractivity contribution in [1.82, 2.24) is 4.90 Å². The topological polar surface area (TPSA) is 58.4 Å². The molecule has 102 valence electrons. The number of carbonyl (C=O) groups is 1. The molecule has 1 fully saturated rings. The van der Waals surface area contributed by atoms with E-state index in [9.17, 15) is 4.79 Å². The summed E-state index contributed by atoms with van der Waals surface area (Å²) in [7, 11) is 0. The van der Waals surface area contributed by atoms with Crippen molar-refractivity contribution in [1.29, 1.82) is 0 Å². The molecule has 6 heteroatoms. The van der Waals surface area contributed by atoms with E-state index >= 15 is 0 Å². The van der Waals surface area contributed by atoms with Gasteiger partial charge in [0, 0.05) is 6.54 Å². The van der Waals surface area contributed by atoms with Crippen molar-refractivity contribution in [2.24, 2.45) is 5.73 Å². The van der Waals surface area contributed by atoms with Crippen LogP contribution in [-0.4, -0.2) is 28.5 Å². The molecular weight excluding hydrogens is 282 g/mol. The maximum atomic E-state index is 12.3. The average molecular weight is 298 g/mol. The summed E-state index contributed by atoms with van der Waals surface area (Å²) in [5.41, 5.74) is 6.30. The second-order valence-electron chi connectivity index (χ2n) is 4.52. The predicted molar refractivity (Wildman–Crippen MR) is 81.6 cm³/mol. The van der Waals surface area contributed by atoms with Crippen molar-refractivity contribution in [2.45, 2.75) is 25.3 Å². The SMILES string of the molecule is NC(=S)C1CCCCN1C(=O)Nc1ccccc1Cl. The van der Waals surface area contributed by atoms with Gasteiger partial charge >= 0.3 is 6.03 Å². The highest BCUT2D eigenvalue weighted by molar-refractivity contribution is 7.80. The Kier molecular flexibility index (Phi) is 4.61. The first-order valence-corrected chi connectivity index (χ1v) is 6.99. The van der Waals surface area contributed by atoms with E-state index in [2.05, 4.69) is 5.32 Å². The number of piperidine rings is 1. The van der Waals surface area contributed by atoms with E-state index in [0.29, 0.717) is 22.2 Å². The lowest BCUT2D eigenvalue weighted by molar-refractivity contribution is 0.186. The Labute approximate surface area is 122 Å². The molecule has 1 aromatic carbocycles. The van der Waals surface area contributed by atoms with Crippen LogP contribution in [0.2, 0.25) is 5.02 Å². The predicted octanol–water partition coefficient (Wildman–Crippen LogP) is 3.01. The Morgan fingerprint density at radius 1 is 1.42 bits per heavy atom. The number of carbonyl (C=O) groups excluding carboxylic acids is 1. The zero-order chi connectivity index (χ0) is 13.8. The number of likely N-dealkylation sites (tertiary alicyclic amines) is 1. The van der Waals surface area contributed by atoms with Gasteiger partial charge in [-0.2, -0.15) is 0 Å². The second-order valence-corrected chi connectivity index (χ2v) is 5.40. The molecule has 3 N–H and O–H groups in total. The first kappa shape index (κ1) is 14.1. The van der Waals surface area contributed by atoms with E-state index in [1.807, 2.05) is 12.1 Å². The monoisotopic (exact) mass is 297 g/mol. The van der Waals surface area contributed by atoms with E-state index < -0.39 is 0 Å². The first-order valence-electron chi connectivity index (χ1n) is 6.21. The van der Waals surface area contributed by atoms with Crippen LogP contribution in [0.25, 0.3) is 0 Å². The van der Waals surface area contributed by atoms with Gasteiger partial charge in [-0.25, -0.2) is 4.79 Å². The van der Waals surface area contributed by atoms with Crippen LogP contribution in [0, 0.1) is 0 Å². The highest BCUT2D eigenvalue weighted by Gasteiger charge is 2.28. The lowest BCUT2D eigenvalue weighted by Crippen LogP contribution is -2.51. The fraction of sp³-hybridized carbons (Fsp3) is 0.385. The normalized spacial score (nSPS) is 19.0. The second kappa shape index (κ2) is 6.21. The number of para-hydroxylation sites is 1. The minimum absolute atomic E-state index is 0.161. The molecule has 19 heavy (non-hydrogen) atoms. The summed E-state index contributed by atoms with van der Waals surface area (Å²) >= 11 is 11.1. The number of thiocarbonyl (C=S) groups is 1. The molecular formula is C13H16ClN3OS. The summed E-state index contributed by atoms with van der Waals surface area (Å²) < 4.78 is 0. The fourth-order valence-corrected chi connectivity index (χ4v) is 2.65. The number of urea groups is 1. The van der Waals surface area contributed by atoms with E-state index in [1.165, 1.54) is 0 Å². The van der Waals surface area contributed by atoms with Crippen molar-refractivity contribution < 1.29 is 4.79 Å². The van der Waals surface area contributed by atoms with E-state index in [1.54, 1.807) is 17.0 Å². The van der Waals surface area contributed by atoms with Gasteiger partial charge in [0.05, 0.1) is 21.7 Å². The number of halogens is 1. The lowest BCUT2D eigenvalue weighted by Gasteiger charge is -2.35. The maximum absolute atomic E-state index is 12.3. The van der Waals surface area contributed by atoms with Crippen molar-refractivity contribution in [3.8, 4) is 0 Å². The Hall–Kier alpha value is -1.33. The number of nitrogens with two attached hydrogens (primary N) is 1. The highest BCUT2D eigenvalue weighted by Crippen LogP contribution is 2.23. The van der Waals surface area contributed by atoms with Gasteiger partial charge in [-0.3, -0.25) is 0 Å². The van der Waals surface area contributed by atoms with E-state index in [0.717, 1.165) is 19.3 Å². The number of hydrogen-bond acceptors (Lipinski definition) is 2. The van der Waals surface area contributed by atoms with Crippen molar-refractivity contribution in [2.75, 3.05) is 11.9 Å². The minimum Gasteiger partial charge on any atom is -0.392 e. The van der Waals surface area contributed by atoms with Gasteiger partial charge < -0.3 is 16.0 Å². The first-order chi connectivity index (χ1) is 9.09. The van der Waals surface area contributed by atoms with Crippen LogP contribution in [0.15, 0.2) is 24.3 Å². The lowest BCUT2D eigenvalue weighted by atomic mass is 10.0. The number of rotatable bonds is 2. The number of amides is 2. The molecule has 1 aromatic rings. The van der Waals surface area contributed by atoms with Gasteiger partial charge in [-0.1, -0.05) is 36.0 Å². The Bertz CT molecular complexity index is 495. The van der Waals surface area contributed by atoms with Crippen molar-refractivity contribution in [3.05, 3.63) is 29.3 Å². The number of nitrogens with zero attached hydrogens (tertiary/aromatic N) is 1. The molecule has 0 spiro atoms. The van der Waals surface area contributed by atoms with Crippen LogP contribution in [0.5, 0.6) is 0 Å². The molecule has 2 rings (SSSR count). The summed E-state index contributed by atoms with van der Waals surface area (Å²) in [6.45, 7) is 0.665. The Morgan fingerprint density at radius 3 is 2.84 bits per heavy atom. The van der Waals surface area contributed by atoms with Crippen LogP contribution in [0.3, 0.4) is 0 Å². The molecule has 0 aromatic heterocycles. The third kappa shape index (κ3) is 3.36. The molecule has 1 unspecified atom stereocenters. The van der Waals surface area contributed by atoms with Crippen LogP contribution >= 0.6 is 23.8 Å². The van der Waals surface area contributed by atoms with Crippen molar-refractivity contribution in [3.63, 3.8) is 0 Å². The van der Waals surface area contributed by atoms with Crippen LogP contribution < -0.4 is 11.1 Å². The number of nitrogens with one attached hydrogen (secondary N) is 1. The van der Waals surface area contributed by atoms with Gasteiger partial charge in [0.2, 0.25) is 0 Å². The smallest absolute Gasteiger partial charge is 0.322 e. The molecule has 4 nitrogen and oxygen atoms in total. The Morgan fingerprint density at radius 2 is 2.16 bits per heavy atom. The van der Waals surface area contributed by atoms with Gasteiger partial charge in [0.15, 0.2) is 0 Å².